The number of halogens is 3. The fourth-order valence-corrected chi connectivity index (χ4v) is 4.20. The van der Waals surface area contributed by atoms with E-state index in [1.54, 1.807) is 11.3 Å². The van der Waals surface area contributed by atoms with Gasteiger partial charge in [0.15, 0.2) is 0 Å². The Bertz CT molecular complexity index is 625. The molecule has 4 rings (SSSR count). The number of likely N-dealkylation sites (tertiary alicyclic amines) is 1. The summed E-state index contributed by atoms with van der Waals surface area (Å²) in [6, 6.07) is 0.591. The Kier molecular flexibility index (Phi) is 7.30. The fraction of sp³-hybridized carbons (Fsp3) is 0.778. The van der Waals surface area contributed by atoms with E-state index < -0.39 is 12.1 Å². The molecular formula is C18H25F3N2O4S. The van der Waals surface area contributed by atoms with E-state index in [9.17, 15) is 13.2 Å². The molecule has 1 saturated carbocycles. The summed E-state index contributed by atoms with van der Waals surface area (Å²) in [5, 5.41) is 10.4. The normalized spacial score (nSPS) is 27.8. The van der Waals surface area contributed by atoms with Gasteiger partial charge in [-0.1, -0.05) is 0 Å². The maximum absolute atomic E-state index is 10.6. The smallest absolute Gasteiger partial charge is 0.475 e. The van der Waals surface area contributed by atoms with Crippen molar-refractivity contribution in [2.45, 2.75) is 63.1 Å². The first kappa shape index (κ1) is 21.5. The summed E-state index contributed by atoms with van der Waals surface area (Å²) in [6.45, 7) is 3.88. The average Bonchev–Trinajstić information content (AvgIpc) is 3.16. The summed E-state index contributed by atoms with van der Waals surface area (Å²) in [7, 11) is 0. The second-order valence-electron chi connectivity index (χ2n) is 7.41. The SMILES string of the molecule is O=C(O)C(F)(F)F.c1csc(CN2CC[C@H]3O[C@@H](COCC4CC4)CC[C@H]32)n1. The van der Waals surface area contributed by atoms with E-state index in [4.69, 9.17) is 19.4 Å². The van der Waals surface area contributed by atoms with Crippen LogP contribution in [0.3, 0.4) is 0 Å². The van der Waals surface area contributed by atoms with Crippen LogP contribution < -0.4 is 0 Å². The molecular weight excluding hydrogens is 397 g/mol. The molecule has 0 bridgehead atoms. The van der Waals surface area contributed by atoms with E-state index in [1.807, 2.05) is 6.20 Å². The van der Waals surface area contributed by atoms with Crippen LogP contribution in [0.25, 0.3) is 0 Å². The van der Waals surface area contributed by atoms with Crippen molar-refractivity contribution in [3.8, 4) is 0 Å². The predicted octanol–water partition coefficient (Wildman–Crippen LogP) is 3.32. The average molecular weight is 422 g/mol. The van der Waals surface area contributed by atoms with E-state index in [1.165, 1.54) is 24.3 Å². The quantitative estimate of drug-likeness (QED) is 0.758. The van der Waals surface area contributed by atoms with Crippen molar-refractivity contribution >= 4 is 17.3 Å². The molecule has 3 aliphatic rings. The molecule has 0 amide bonds. The molecule has 3 fully saturated rings. The number of hydrogen-bond donors (Lipinski definition) is 1. The first-order chi connectivity index (χ1) is 13.3. The molecule has 3 atom stereocenters. The summed E-state index contributed by atoms with van der Waals surface area (Å²) in [5.74, 6) is -1.91. The van der Waals surface area contributed by atoms with Crippen molar-refractivity contribution in [2.24, 2.45) is 5.92 Å². The van der Waals surface area contributed by atoms with Gasteiger partial charge in [0.25, 0.3) is 0 Å². The summed E-state index contributed by atoms with van der Waals surface area (Å²) in [6.07, 6.45) is 3.82. The molecule has 0 unspecified atom stereocenters. The Morgan fingerprint density at radius 1 is 1.29 bits per heavy atom. The van der Waals surface area contributed by atoms with Crippen LogP contribution in [-0.4, -0.2) is 65.1 Å². The summed E-state index contributed by atoms with van der Waals surface area (Å²) in [5.41, 5.74) is 0. The second kappa shape index (κ2) is 9.51. The number of nitrogens with zero attached hydrogens (tertiary/aromatic N) is 2. The van der Waals surface area contributed by atoms with E-state index in [2.05, 4.69) is 15.3 Å². The highest BCUT2D eigenvalue weighted by Gasteiger charge is 2.40. The molecule has 1 aromatic heterocycles. The number of alkyl halides is 3. The number of carboxylic acid groups (broad SMARTS) is 1. The zero-order valence-corrected chi connectivity index (χ0v) is 16.3. The maximum Gasteiger partial charge on any atom is 0.490 e. The highest BCUT2D eigenvalue weighted by molar-refractivity contribution is 7.09. The van der Waals surface area contributed by atoms with E-state index in [0.29, 0.717) is 18.2 Å². The summed E-state index contributed by atoms with van der Waals surface area (Å²) >= 11 is 1.76. The van der Waals surface area contributed by atoms with Gasteiger partial charge in [-0.2, -0.15) is 13.2 Å². The van der Waals surface area contributed by atoms with Gasteiger partial charge in [-0.3, -0.25) is 4.90 Å². The summed E-state index contributed by atoms with van der Waals surface area (Å²) in [4.78, 5) is 15.9. The summed E-state index contributed by atoms with van der Waals surface area (Å²) < 4.78 is 43.8. The molecule has 2 aliphatic heterocycles. The Balaban J connectivity index is 0.000000279. The van der Waals surface area contributed by atoms with Crippen LogP contribution in [0.1, 0.15) is 37.1 Å². The number of aliphatic carboxylic acids is 1. The predicted molar refractivity (Wildman–Crippen MR) is 96.1 cm³/mol. The second-order valence-corrected chi connectivity index (χ2v) is 8.39. The van der Waals surface area contributed by atoms with Gasteiger partial charge in [-0.05, 0) is 38.0 Å². The molecule has 2 saturated heterocycles. The Labute approximate surface area is 165 Å². The monoisotopic (exact) mass is 422 g/mol. The number of hydrogen-bond acceptors (Lipinski definition) is 6. The minimum Gasteiger partial charge on any atom is -0.475 e. The third-order valence-electron chi connectivity index (χ3n) is 5.17. The van der Waals surface area contributed by atoms with Crippen LogP contribution in [0.4, 0.5) is 13.2 Å². The minimum absolute atomic E-state index is 0.324. The molecule has 0 aromatic carbocycles. The molecule has 1 aromatic rings. The van der Waals surface area contributed by atoms with Crippen molar-refractivity contribution in [2.75, 3.05) is 19.8 Å². The topological polar surface area (TPSA) is 71.9 Å². The molecule has 28 heavy (non-hydrogen) atoms. The molecule has 10 heteroatoms. The zero-order chi connectivity index (χ0) is 20.1. The van der Waals surface area contributed by atoms with Gasteiger partial charge >= 0.3 is 12.1 Å². The Morgan fingerprint density at radius 2 is 2.04 bits per heavy atom. The van der Waals surface area contributed by atoms with Gasteiger partial charge in [0.2, 0.25) is 0 Å². The van der Waals surface area contributed by atoms with Crippen LogP contribution >= 0.6 is 11.3 Å². The lowest BCUT2D eigenvalue weighted by Gasteiger charge is -2.35. The molecule has 0 radical (unpaired) electrons. The molecule has 3 heterocycles. The van der Waals surface area contributed by atoms with Crippen molar-refractivity contribution in [1.82, 2.24) is 9.88 Å². The van der Waals surface area contributed by atoms with Crippen molar-refractivity contribution in [3.05, 3.63) is 16.6 Å². The minimum atomic E-state index is -5.08. The number of carboxylic acids is 1. The van der Waals surface area contributed by atoms with Gasteiger partial charge in [-0.15, -0.1) is 11.3 Å². The lowest BCUT2D eigenvalue weighted by Crippen LogP contribution is -2.43. The van der Waals surface area contributed by atoms with Crippen LogP contribution in [0.15, 0.2) is 11.6 Å². The highest BCUT2D eigenvalue weighted by atomic mass is 32.1. The van der Waals surface area contributed by atoms with Crippen molar-refractivity contribution in [1.29, 1.82) is 0 Å². The first-order valence-corrected chi connectivity index (χ1v) is 10.4. The Hall–Kier alpha value is -1.23. The van der Waals surface area contributed by atoms with Crippen molar-refractivity contribution in [3.63, 3.8) is 0 Å². The lowest BCUT2D eigenvalue weighted by atomic mass is 9.99. The standard InChI is InChI=1S/C16H24N2O2S.C2HF3O2/c1-2-12(1)10-19-11-13-3-4-14-15(20-13)5-7-18(14)9-16-17-6-8-21-16;3-2(4,5)1(6)7/h6,8,12-15H,1-5,7,9-11H2;(H,6,7)/t13-,14-,15-;/m1./s1. The van der Waals surface area contributed by atoms with E-state index >= 15 is 0 Å². The van der Waals surface area contributed by atoms with Gasteiger partial charge in [0.1, 0.15) is 5.01 Å². The third-order valence-corrected chi connectivity index (χ3v) is 5.93. The Morgan fingerprint density at radius 3 is 2.64 bits per heavy atom. The number of ether oxygens (including phenoxy) is 2. The van der Waals surface area contributed by atoms with Gasteiger partial charge in [0, 0.05) is 30.8 Å². The maximum atomic E-state index is 10.6. The van der Waals surface area contributed by atoms with Crippen LogP contribution in [0.5, 0.6) is 0 Å². The van der Waals surface area contributed by atoms with E-state index in [-0.39, 0.29) is 0 Å². The molecule has 158 valence electrons. The number of rotatable bonds is 6. The van der Waals surface area contributed by atoms with E-state index in [0.717, 1.165) is 45.1 Å². The van der Waals surface area contributed by atoms with Crippen LogP contribution in [0, 0.1) is 5.92 Å². The third kappa shape index (κ3) is 6.40. The molecule has 1 aliphatic carbocycles. The molecule has 1 N–H and O–H groups in total. The molecule has 6 nitrogen and oxygen atoms in total. The van der Waals surface area contributed by atoms with Gasteiger partial charge < -0.3 is 14.6 Å². The number of carbonyl (C=O) groups is 1. The number of fused-ring (bicyclic) bond motifs is 1. The highest BCUT2D eigenvalue weighted by Crippen LogP contribution is 2.33. The van der Waals surface area contributed by atoms with Crippen LogP contribution in [-0.2, 0) is 20.8 Å². The number of thiazole rings is 1. The van der Waals surface area contributed by atoms with Gasteiger partial charge in [0.05, 0.1) is 25.4 Å². The van der Waals surface area contributed by atoms with Crippen LogP contribution in [0.2, 0.25) is 0 Å². The lowest BCUT2D eigenvalue weighted by molar-refractivity contribution is -0.192. The molecule has 0 spiro atoms. The number of aromatic nitrogens is 1. The first-order valence-electron chi connectivity index (χ1n) is 9.48. The van der Waals surface area contributed by atoms with Gasteiger partial charge in [-0.25, -0.2) is 9.78 Å². The van der Waals surface area contributed by atoms with Crippen molar-refractivity contribution < 1.29 is 32.5 Å². The largest absolute Gasteiger partial charge is 0.490 e. The fourth-order valence-electron chi connectivity index (χ4n) is 3.56. The zero-order valence-electron chi connectivity index (χ0n) is 15.4.